The Balaban J connectivity index is 0.00000125. The number of rotatable bonds is 5. The fourth-order valence-electron chi connectivity index (χ4n) is 6.34. The Bertz CT molecular complexity index is 1790. The van der Waals surface area contributed by atoms with E-state index >= 15 is 0 Å². The maximum atomic E-state index is 12.8. The van der Waals surface area contributed by atoms with Crippen molar-refractivity contribution >= 4 is 24.2 Å². The largest absolute Gasteiger partial charge is 0.508 e. The van der Waals surface area contributed by atoms with E-state index < -0.39 is 0 Å². The normalized spacial score (nSPS) is 12.7. The summed E-state index contributed by atoms with van der Waals surface area (Å²) in [6, 6.07) is 11.2. The first-order valence-corrected chi connectivity index (χ1v) is 19.7. The van der Waals surface area contributed by atoms with Crippen molar-refractivity contribution in [3.8, 4) is 17.2 Å². The highest BCUT2D eigenvalue weighted by Gasteiger charge is 2.27. The Morgan fingerprint density at radius 3 is 0.877 bits per heavy atom. The average molecular weight is 789 g/mol. The molecule has 0 saturated heterocycles. The monoisotopic (exact) mass is 789 g/mol. The van der Waals surface area contributed by atoms with Crippen molar-refractivity contribution in [1.82, 2.24) is 0 Å². The summed E-state index contributed by atoms with van der Waals surface area (Å²) in [5, 5.41) is 38.9. The van der Waals surface area contributed by atoms with Crippen LogP contribution in [0.3, 0.4) is 0 Å². The Labute approximate surface area is 345 Å². The second-order valence-corrected chi connectivity index (χ2v) is 20.9. The standard InChI is InChI=1S/C33H46O3.C15H22O2.C2H6O.H2O/c1-30(2,3)24-19-26(32(7,8)9)28(35)17-21(24)13-15-23(34)16-14-22-18-29(36)27(33(10,11)12)20-25(22)31(4,5)6;1-14(2,3)11-8-12(15(4,5)6)13(17)7-10(11)9-16;1-2-3;/h13-20,35-36H,1-12H3;7-9,17H,1-6H3;3H,2H2,1H3;1H2/b15-13+,16-14+;;;. The molecule has 6 N–H and O–H groups in total. The van der Waals surface area contributed by atoms with E-state index in [4.69, 9.17) is 5.11 Å². The van der Waals surface area contributed by atoms with E-state index in [0.29, 0.717) is 5.56 Å². The number of carbonyl (C=O) groups excluding carboxylic acids is 2. The van der Waals surface area contributed by atoms with Crippen LogP contribution in [0.1, 0.15) is 186 Å². The molecule has 0 aromatic heterocycles. The number of phenolic OH excluding ortho intramolecular Hbond substituents is 3. The SMILES string of the molecule is CC(C)(C)c1cc(C(C)(C)C)c(/C=C/C(=O)/C=C/c2cc(O)c(C(C)(C)C)cc2C(C)(C)C)cc1O.CC(C)(C)c1cc(C(C)(C)C)c(C=O)cc1O.CCO.O. The van der Waals surface area contributed by atoms with Crippen LogP contribution in [0.2, 0.25) is 0 Å². The second kappa shape index (κ2) is 19.5. The summed E-state index contributed by atoms with van der Waals surface area (Å²) < 4.78 is 0. The summed E-state index contributed by atoms with van der Waals surface area (Å²) in [4.78, 5) is 23.9. The minimum Gasteiger partial charge on any atom is -0.508 e. The summed E-state index contributed by atoms with van der Waals surface area (Å²) in [6.45, 7) is 39.6. The van der Waals surface area contributed by atoms with Gasteiger partial charge in [-0.05, 0) is 114 Å². The molecule has 3 rings (SSSR count). The van der Waals surface area contributed by atoms with E-state index in [1.807, 2.05) is 6.07 Å². The molecule has 0 spiro atoms. The zero-order valence-electron chi connectivity index (χ0n) is 38.7. The molecule has 0 radical (unpaired) electrons. The summed E-state index contributed by atoms with van der Waals surface area (Å²) in [5.41, 5.74) is 7.12. The lowest BCUT2D eigenvalue weighted by Crippen LogP contribution is -2.18. The average Bonchev–Trinajstić information content (AvgIpc) is 2.99. The van der Waals surface area contributed by atoms with Crippen LogP contribution < -0.4 is 0 Å². The lowest BCUT2D eigenvalue weighted by molar-refractivity contribution is -0.110. The van der Waals surface area contributed by atoms with Crippen molar-refractivity contribution in [2.45, 2.75) is 164 Å². The summed E-state index contributed by atoms with van der Waals surface area (Å²) in [7, 11) is 0. The number of hydrogen-bond donors (Lipinski definition) is 4. The molecule has 0 atom stereocenters. The first-order valence-electron chi connectivity index (χ1n) is 19.7. The molecule has 7 nitrogen and oxygen atoms in total. The molecule has 0 fully saturated rings. The molecule has 57 heavy (non-hydrogen) atoms. The smallest absolute Gasteiger partial charge is 0.178 e. The molecule has 0 unspecified atom stereocenters. The highest BCUT2D eigenvalue weighted by Crippen LogP contribution is 2.40. The molecule has 0 aliphatic rings. The van der Waals surface area contributed by atoms with Gasteiger partial charge in [0.05, 0.1) is 0 Å². The van der Waals surface area contributed by atoms with E-state index in [1.165, 1.54) is 12.2 Å². The van der Waals surface area contributed by atoms with Gasteiger partial charge in [-0.15, -0.1) is 0 Å². The number of benzene rings is 3. The van der Waals surface area contributed by atoms with Gasteiger partial charge in [0.2, 0.25) is 0 Å². The molecular formula is C50H76O7. The lowest BCUT2D eigenvalue weighted by Gasteiger charge is -2.27. The number of aromatic hydroxyl groups is 3. The molecule has 0 aliphatic carbocycles. The van der Waals surface area contributed by atoms with Gasteiger partial charge in [0.15, 0.2) is 5.78 Å². The number of ketones is 1. The van der Waals surface area contributed by atoms with Crippen molar-refractivity contribution < 1.29 is 35.5 Å². The van der Waals surface area contributed by atoms with Crippen molar-refractivity contribution in [1.29, 1.82) is 0 Å². The summed E-state index contributed by atoms with van der Waals surface area (Å²) >= 11 is 0. The summed E-state index contributed by atoms with van der Waals surface area (Å²) in [6.07, 6.45) is 7.45. The van der Waals surface area contributed by atoms with Crippen LogP contribution in [0.5, 0.6) is 17.2 Å². The Morgan fingerprint density at radius 2 is 0.667 bits per heavy atom. The lowest BCUT2D eigenvalue weighted by atomic mass is 9.78. The Morgan fingerprint density at radius 1 is 0.456 bits per heavy atom. The number of phenols is 3. The zero-order chi connectivity index (χ0) is 44.0. The fourth-order valence-corrected chi connectivity index (χ4v) is 6.34. The third-order valence-corrected chi connectivity index (χ3v) is 9.33. The zero-order valence-corrected chi connectivity index (χ0v) is 38.7. The van der Waals surface area contributed by atoms with Gasteiger partial charge in [-0.2, -0.15) is 0 Å². The molecular weight excluding hydrogens is 713 g/mol. The molecule has 7 heteroatoms. The van der Waals surface area contributed by atoms with Crippen molar-refractivity contribution in [3.05, 3.63) is 98.6 Å². The van der Waals surface area contributed by atoms with Gasteiger partial charge in [0, 0.05) is 12.2 Å². The quantitative estimate of drug-likeness (QED) is 0.149. The maximum Gasteiger partial charge on any atom is 0.178 e. The van der Waals surface area contributed by atoms with Gasteiger partial charge in [-0.3, -0.25) is 9.59 Å². The third kappa shape index (κ3) is 15.2. The van der Waals surface area contributed by atoms with Crippen molar-refractivity contribution in [3.63, 3.8) is 0 Å². The summed E-state index contributed by atoms with van der Waals surface area (Å²) in [5.74, 6) is 0.519. The molecule has 0 bridgehead atoms. The Hall–Kier alpha value is -4.20. The van der Waals surface area contributed by atoms with Gasteiger partial charge in [-0.1, -0.05) is 155 Å². The van der Waals surface area contributed by atoms with Gasteiger partial charge in [-0.25, -0.2) is 0 Å². The van der Waals surface area contributed by atoms with Gasteiger partial charge >= 0.3 is 0 Å². The number of aldehydes is 1. The van der Waals surface area contributed by atoms with Crippen molar-refractivity contribution in [2.75, 3.05) is 6.61 Å². The molecule has 0 heterocycles. The van der Waals surface area contributed by atoms with Crippen LogP contribution in [0, 0.1) is 0 Å². The minimum atomic E-state index is -0.191. The van der Waals surface area contributed by atoms with Gasteiger partial charge < -0.3 is 25.9 Å². The topological polar surface area (TPSA) is 147 Å². The van der Waals surface area contributed by atoms with E-state index in [2.05, 4.69) is 137 Å². The fraction of sp³-hybridized carbons (Fsp3) is 0.520. The Kier molecular flexibility index (Phi) is 18.1. The van der Waals surface area contributed by atoms with Crippen LogP contribution in [0.15, 0.2) is 48.6 Å². The van der Waals surface area contributed by atoms with Crippen LogP contribution in [-0.4, -0.2) is 44.6 Å². The van der Waals surface area contributed by atoms with Gasteiger partial charge in [0.25, 0.3) is 0 Å². The van der Waals surface area contributed by atoms with Crippen molar-refractivity contribution in [2.24, 2.45) is 0 Å². The predicted molar refractivity (Wildman–Crippen MR) is 241 cm³/mol. The number of carbonyl (C=O) groups is 2. The molecule has 0 amide bonds. The van der Waals surface area contributed by atoms with E-state index in [1.54, 1.807) is 37.3 Å². The first kappa shape index (κ1) is 52.8. The molecule has 0 aliphatic heterocycles. The number of hydrogen-bond acceptors (Lipinski definition) is 6. The molecule has 3 aromatic rings. The van der Waals surface area contributed by atoms with E-state index in [0.717, 1.165) is 50.8 Å². The number of aliphatic hydroxyl groups is 1. The first-order chi connectivity index (χ1) is 25.1. The maximum absolute atomic E-state index is 12.8. The van der Waals surface area contributed by atoms with Crippen LogP contribution in [-0.2, 0) is 37.3 Å². The molecule has 0 saturated carbocycles. The molecule has 3 aromatic carbocycles. The third-order valence-electron chi connectivity index (χ3n) is 9.33. The second-order valence-electron chi connectivity index (χ2n) is 20.9. The highest BCUT2D eigenvalue weighted by molar-refractivity contribution is 6.04. The number of aliphatic hydroxyl groups excluding tert-OH is 1. The van der Waals surface area contributed by atoms with E-state index in [9.17, 15) is 24.9 Å². The highest BCUT2D eigenvalue weighted by atomic mass is 16.3. The van der Waals surface area contributed by atoms with E-state index in [-0.39, 0.29) is 67.6 Å². The predicted octanol–water partition coefficient (Wildman–Crippen LogP) is 11.6. The minimum absolute atomic E-state index is 0. The van der Waals surface area contributed by atoms with Crippen LogP contribution >= 0.6 is 0 Å². The van der Waals surface area contributed by atoms with Gasteiger partial charge in [0.1, 0.15) is 23.5 Å². The van der Waals surface area contributed by atoms with Crippen LogP contribution in [0.4, 0.5) is 0 Å². The van der Waals surface area contributed by atoms with Crippen LogP contribution in [0.25, 0.3) is 12.2 Å². The molecule has 318 valence electrons. The number of allylic oxidation sites excluding steroid dienone is 2.